The van der Waals surface area contributed by atoms with Gasteiger partial charge >= 0.3 is 23.9 Å². The van der Waals surface area contributed by atoms with Crippen LogP contribution >= 0.6 is 0 Å². The van der Waals surface area contributed by atoms with Crippen LogP contribution in [0.25, 0.3) is 0 Å². The molecule has 12 heteroatoms. The number of hydrogen-bond acceptors (Lipinski definition) is 11. The second-order valence-corrected chi connectivity index (χ2v) is 20.2. The molecule has 1 heterocycles. The van der Waals surface area contributed by atoms with E-state index in [-0.39, 0.29) is 25.9 Å². The number of esters is 3. The van der Waals surface area contributed by atoms with E-state index in [1.165, 1.54) is 57.8 Å². The van der Waals surface area contributed by atoms with Crippen molar-refractivity contribution < 1.29 is 58.2 Å². The Morgan fingerprint density at radius 1 is 0.453 bits per heavy atom. The quantitative estimate of drug-likeness (QED) is 0.0228. The third-order valence-corrected chi connectivity index (χ3v) is 13.2. The topological polar surface area (TPSA) is 175 Å². The van der Waals surface area contributed by atoms with Crippen LogP contribution in [0.2, 0.25) is 0 Å². The molecule has 1 saturated heterocycles. The summed E-state index contributed by atoms with van der Waals surface area (Å²) in [5, 5.41) is 31.5. The first-order valence-corrected chi connectivity index (χ1v) is 29.9. The molecule has 430 valence electrons. The molecular weight excluding hydrogens is 949 g/mol. The third kappa shape index (κ3) is 41.0. The molecule has 75 heavy (non-hydrogen) atoms. The van der Waals surface area contributed by atoms with Crippen molar-refractivity contribution in [2.24, 2.45) is 0 Å². The Morgan fingerprint density at radius 3 is 1.33 bits per heavy atom. The van der Waals surface area contributed by atoms with E-state index in [4.69, 9.17) is 23.7 Å². The van der Waals surface area contributed by atoms with Crippen LogP contribution in [0.5, 0.6) is 0 Å². The van der Waals surface area contributed by atoms with Crippen molar-refractivity contribution in [1.82, 2.24) is 0 Å². The van der Waals surface area contributed by atoms with Crippen molar-refractivity contribution in [2.45, 2.75) is 289 Å². The van der Waals surface area contributed by atoms with Crippen molar-refractivity contribution in [3.8, 4) is 0 Å². The lowest BCUT2D eigenvalue weighted by Crippen LogP contribution is -2.61. The molecule has 0 aromatic heterocycles. The number of aliphatic carboxylic acids is 1. The van der Waals surface area contributed by atoms with Crippen LogP contribution < -0.4 is 0 Å². The van der Waals surface area contributed by atoms with Crippen molar-refractivity contribution in [3.05, 3.63) is 72.9 Å². The second kappa shape index (κ2) is 50.9. The van der Waals surface area contributed by atoms with Crippen LogP contribution in [0.4, 0.5) is 0 Å². The van der Waals surface area contributed by atoms with Crippen molar-refractivity contribution >= 4 is 23.9 Å². The summed E-state index contributed by atoms with van der Waals surface area (Å²) >= 11 is 0. The van der Waals surface area contributed by atoms with Gasteiger partial charge in [-0.25, -0.2) is 4.79 Å². The van der Waals surface area contributed by atoms with Crippen molar-refractivity contribution in [2.75, 3.05) is 13.2 Å². The fraction of sp³-hybridized carbons (Fsp3) is 0.746. The monoisotopic (exact) mass is 1050 g/mol. The summed E-state index contributed by atoms with van der Waals surface area (Å²) < 4.78 is 28.4. The molecule has 12 nitrogen and oxygen atoms in total. The third-order valence-electron chi connectivity index (χ3n) is 13.2. The average Bonchev–Trinajstić information content (AvgIpc) is 3.39. The summed E-state index contributed by atoms with van der Waals surface area (Å²) in [6.45, 7) is 5.82. The standard InChI is InChI=1S/C63H106O12/c1-4-7-10-13-16-19-22-25-27-28-30-33-36-39-42-45-48-51-57(66)74-61-59(68)58(67)60(62(69)70)75-63(61)72-53-54(73-56(65)50-47-44-41-38-35-31-24-21-18-15-12-9-6-3)52-71-55(64)49-46-43-40-37-34-32-29-26-23-20-17-14-11-8-5-2/h9,12,16,18-19,21,25-27,29,31,35,54,58-61,63,67-68H,4-8,10-11,13-15,17,20,22-24,28,30,32-34,36-53H2,1-3H3,(H,69,70)/b12-9-,19-16-,21-18-,27-25-,29-26-,35-31-. The van der Waals surface area contributed by atoms with E-state index in [2.05, 4.69) is 93.7 Å². The number of hydrogen-bond donors (Lipinski definition) is 3. The minimum atomic E-state index is -1.91. The Labute approximate surface area is 455 Å². The lowest BCUT2D eigenvalue weighted by molar-refractivity contribution is -0.301. The number of allylic oxidation sites excluding steroid dienone is 12. The van der Waals surface area contributed by atoms with Gasteiger partial charge in [-0.3, -0.25) is 14.4 Å². The van der Waals surface area contributed by atoms with Gasteiger partial charge in [-0.15, -0.1) is 0 Å². The number of rotatable bonds is 50. The van der Waals surface area contributed by atoms with E-state index in [1.807, 2.05) is 0 Å². The number of aliphatic hydroxyl groups excluding tert-OH is 2. The second-order valence-electron chi connectivity index (χ2n) is 20.2. The largest absolute Gasteiger partial charge is 0.479 e. The van der Waals surface area contributed by atoms with Crippen LogP contribution in [0.15, 0.2) is 72.9 Å². The predicted molar refractivity (Wildman–Crippen MR) is 303 cm³/mol. The SMILES string of the molecule is CC/C=C\C/C=C\C/C=C\CCCCCC(=O)OC(COC(=O)CCCCCCC/C=C\CCCCCCCC)COC1OC(C(=O)O)C(O)C(O)C1OC(=O)CCCCCCCCC/C=C\C/C=C\CCCCC. The first-order chi connectivity index (χ1) is 36.6. The van der Waals surface area contributed by atoms with Crippen LogP contribution in [0.1, 0.15) is 252 Å². The number of carbonyl (C=O) groups excluding carboxylic acids is 3. The van der Waals surface area contributed by atoms with Crippen molar-refractivity contribution in [1.29, 1.82) is 0 Å². The zero-order chi connectivity index (χ0) is 54.7. The average molecular weight is 1060 g/mol. The van der Waals surface area contributed by atoms with E-state index in [9.17, 15) is 34.5 Å². The summed E-state index contributed by atoms with van der Waals surface area (Å²) in [6, 6.07) is 0. The molecule has 0 amide bonds. The molecule has 0 aromatic rings. The lowest BCUT2D eigenvalue weighted by atomic mass is 9.98. The Balaban J connectivity index is 2.70. The lowest BCUT2D eigenvalue weighted by Gasteiger charge is -2.40. The Hall–Kier alpha value is -3.84. The maximum atomic E-state index is 13.1. The molecule has 1 aliphatic rings. The molecule has 3 N–H and O–H groups in total. The maximum absolute atomic E-state index is 13.1. The van der Waals surface area contributed by atoms with Gasteiger partial charge in [0.1, 0.15) is 18.8 Å². The molecule has 6 atom stereocenters. The number of aliphatic hydroxyl groups is 2. The van der Waals surface area contributed by atoms with Gasteiger partial charge in [-0.05, 0) is 109 Å². The molecular formula is C63H106O12. The molecule has 0 radical (unpaired) electrons. The number of ether oxygens (including phenoxy) is 5. The highest BCUT2D eigenvalue weighted by molar-refractivity contribution is 5.74. The summed E-state index contributed by atoms with van der Waals surface area (Å²) in [5.74, 6) is -3.18. The molecule has 1 fully saturated rings. The summed E-state index contributed by atoms with van der Waals surface area (Å²) in [4.78, 5) is 51.1. The minimum absolute atomic E-state index is 0.0456. The van der Waals surface area contributed by atoms with E-state index in [1.54, 1.807) is 0 Å². The number of carboxylic acids is 1. The van der Waals surface area contributed by atoms with E-state index in [0.717, 1.165) is 135 Å². The Morgan fingerprint density at radius 2 is 0.840 bits per heavy atom. The van der Waals surface area contributed by atoms with Gasteiger partial charge in [0.15, 0.2) is 24.6 Å². The molecule has 1 aliphatic heterocycles. The van der Waals surface area contributed by atoms with E-state index >= 15 is 0 Å². The zero-order valence-corrected chi connectivity index (χ0v) is 47.3. The molecule has 0 saturated carbocycles. The Bertz CT molecular complexity index is 1580. The van der Waals surface area contributed by atoms with Crippen LogP contribution in [-0.2, 0) is 42.9 Å². The van der Waals surface area contributed by atoms with Gasteiger partial charge in [0, 0.05) is 19.3 Å². The number of carbonyl (C=O) groups is 4. The van der Waals surface area contributed by atoms with Crippen LogP contribution in [0, 0.1) is 0 Å². The first-order valence-electron chi connectivity index (χ1n) is 29.9. The van der Waals surface area contributed by atoms with Crippen LogP contribution in [0.3, 0.4) is 0 Å². The van der Waals surface area contributed by atoms with Gasteiger partial charge in [-0.2, -0.15) is 0 Å². The summed E-state index contributed by atoms with van der Waals surface area (Å²) in [7, 11) is 0. The van der Waals surface area contributed by atoms with E-state index in [0.29, 0.717) is 19.3 Å². The highest BCUT2D eigenvalue weighted by Crippen LogP contribution is 2.26. The van der Waals surface area contributed by atoms with Gasteiger partial charge in [0.2, 0.25) is 0 Å². The van der Waals surface area contributed by atoms with Gasteiger partial charge in [-0.1, -0.05) is 196 Å². The minimum Gasteiger partial charge on any atom is -0.479 e. The smallest absolute Gasteiger partial charge is 0.335 e. The predicted octanol–water partition coefficient (Wildman–Crippen LogP) is 15.3. The van der Waals surface area contributed by atoms with Crippen LogP contribution in [-0.4, -0.2) is 89.2 Å². The first kappa shape index (κ1) is 69.2. The number of carboxylic acid groups (broad SMARTS) is 1. The Kier molecular flexibility index (Phi) is 47.0. The van der Waals surface area contributed by atoms with Crippen molar-refractivity contribution in [3.63, 3.8) is 0 Å². The highest BCUT2D eigenvalue weighted by Gasteiger charge is 2.50. The highest BCUT2D eigenvalue weighted by atomic mass is 16.7. The molecule has 0 spiro atoms. The summed E-state index contributed by atoms with van der Waals surface area (Å²) in [6.07, 6.45) is 51.5. The van der Waals surface area contributed by atoms with Gasteiger partial charge in [0.05, 0.1) is 6.61 Å². The molecule has 0 bridgehead atoms. The van der Waals surface area contributed by atoms with E-state index < -0.39 is 67.3 Å². The normalized spacial score (nSPS) is 18.7. The number of unbranched alkanes of at least 4 members (excludes halogenated alkanes) is 24. The fourth-order valence-electron chi connectivity index (χ4n) is 8.64. The van der Waals surface area contributed by atoms with Gasteiger partial charge in [0.25, 0.3) is 0 Å². The molecule has 0 aromatic carbocycles. The molecule has 1 rings (SSSR count). The summed E-state index contributed by atoms with van der Waals surface area (Å²) in [5.41, 5.74) is 0. The maximum Gasteiger partial charge on any atom is 0.335 e. The van der Waals surface area contributed by atoms with Gasteiger partial charge < -0.3 is 39.0 Å². The zero-order valence-electron chi connectivity index (χ0n) is 47.3. The fourth-order valence-corrected chi connectivity index (χ4v) is 8.64. The molecule has 0 aliphatic carbocycles. The molecule has 6 unspecified atom stereocenters.